The van der Waals surface area contributed by atoms with Gasteiger partial charge in [-0.1, -0.05) is 24.4 Å². The first-order valence-electron chi connectivity index (χ1n) is 6.50. The molecule has 0 aromatic heterocycles. The van der Waals surface area contributed by atoms with Crippen molar-refractivity contribution in [2.75, 3.05) is 18.1 Å². The minimum atomic E-state index is 0.233. The lowest BCUT2D eigenvalue weighted by atomic mass is 9.97. The second-order valence-electron chi connectivity index (χ2n) is 4.74. The van der Waals surface area contributed by atoms with E-state index in [0.717, 1.165) is 30.6 Å². The molecular weight excluding hydrogens is 244 g/mol. The highest BCUT2D eigenvalue weighted by Gasteiger charge is 2.24. The van der Waals surface area contributed by atoms with Gasteiger partial charge in [-0.25, -0.2) is 0 Å². The molecule has 0 spiro atoms. The van der Waals surface area contributed by atoms with Crippen molar-refractivity contribution in [1.29, 1.82) is 0 Å². The zero-order valence-corrected chi connectivity index (χ0v) is 11.3. The lowest BCUT2D eigenvalue weighted by molar-refractivity contribution is 0.262. The van der Waals surface area contributed by atoms with Gasteiger partial charge in [0.05, 0.1) is 0 Å². The van der Waals surface area contributed by atoms with Gasteiger partial charge in [0.1, 0.15) is 4.99 Å². The van der Waals surface area contributed by atoms with Crippen LogP contribution in [0.4, 0.5) is 5.69 Å². The van der Waals surface area contributed by atoms with Gasteiger partial charge in [0.2, 0.25) is 0 Å². The fourth-order valence-corrected chi connectivity index (χ4v) is 2.87. The second kappa shape index (κ2) is 6.16. The Morgan fingerprint density at radius 3 is 2.89 bits per heavy atom. The minimum Gasteiger partial charge on any atom is -0.396 e. The molecule has 1 aromatic carbocycles. The number of hydrogen-bond acceptors (Lipinski definition) is 3. The standard InChI is InChI=1S/C14H20N2OS/c15-14(18)12-6-1-2-7-13(12)16-9-4-3-5-11(16)8-10-17/h1-2,6-7,11,17H,3-5,8-10H2,(H2,15,18). The number of piperidine rings is 1. The molecule has 4 heteroatoms. The summed E-state index contributed by atoms with van der Waals surface area (Å²) in [6.07, 6.45) is 4.36. The molecule has 0 radical (unpaired) electrons. The summed E-state index contributed by atoms with van der Waals surface area (Å²) in [6, 6.07) is 8.43. The van der Waals surface area contributed by atoms with Crippen LogP contribution >= 0.6 is 12.2 Å². The number of aliphatic hydroxyl groups is 1. The number of aliphatic hydroxyl groups excluding tert-OH is 1. The van der Waals surface area contributed by atoms with Crippen LogP contribution in [0.15, 0.2) is 24.3 Å². The van der Waals surface area contributed by atoms with Crippen molar-refractivity contribution in [3.63, 3.8) is 0 Å². The van der Waals surface area contributed by atoms with Gasteiger partial charge in [-0.2, -0.15) is 0 Å². The van der Waals surface area contributed by atoms with Crippen LogP contribution in [0.1, 0.15) is 31.2 Å². The van der Waals surface area contributed by atoms with Gasteiger partial charge >= 0.3 is 0 Å². The smallest absolute Gasteiger partial charge is 0.106 e. The number of hydrogen-bond donors (Lipinski definition) is 2. The van der Waals surface area contributed by atoms with Gasteiger partial charge in [-0.05, 0) is 37.8 Å². The number of nitrogens with two attached hydrogens (primary N) is 1. The Hall–Kier alpha value is -1.13. The third-order valence-corrected chi connectivity index (χ3v) is 3.79. The summed E-state index contributed by atoms with van der Waals surface area (Å²) in [5.74, 6) is 0. The van der Waals surface area contributed by atoms with Crippen LogP contribution in [0.2, 0.25) is 0 Å². The van der Waals surface area contributed by atoms with Gasteiger partial charge in [-0.3, -0.25) is 0 Å². The first-order chi connectivity index (χ1) is 8.74. The maximum Gasteiger partial charge on any atom is 0.106 e. The number of nitrogens with zero attached hydrogens (tertiary/aromatic N) is 1. The molecule has 18 heavy (non-hydrogen) atoms. The summed E-state index contributed by atoms with van der Waals surface area (Å²) in [7, 11) is 0. The molecule has 3 N–H and O–H groups in total. The number of benzene rings is 1. The molecule has 1 unspecified atom stereocenters. The Bertz CT molecular complexity index is 420. The van der Waals surface area contributed by atoms with Crippen LogP contribution in [0, 0.1) is 0 Å². The Labute approximate surface area is 114 Å². The first kappa shape index (κ1) is 13.3. The van der Waals surface area contributed by atoms with Crippen LogP contribution in [0.25, 0.3) is 0 Å². The first-order valence-corrected chi connectivity index (χ1v) is 6.91. The van der Waals surface area contributed by atoms with Gasteiger partial charge < -0.3 is 15.7 Å². The maximum atomic E-state index is 9.18. The van der Waals surface area contributed by atoms with E-state index in [1.807, 2.05) is 18.2 Å². The summed E-state index contributed by atoms with van der Waals surface area (Å²) in [4.78, 5) is 2.80. The van der Waals surface area contributed by atoms with Crippen LogP contribution in [0.3, 0.4) is 0 Å². The fourth-order valence-electron chi connectivity index (χ4n) is 2.70. The van der Waals surface area contributed by atoms with E-state index in [1.54, 1.807) is 0 Å². The Balaban J connectivity index is 2.30. The van der Waals surface area contributed by atoms with E-state index in [2.05, 4.69) is 11.0 Å². The molecule has 1 saturated heterocycles. The molecule has 98 valence electrons. The summed E-state index contributed by atoms with van der Waals surface area (Å²) >= 11 is 5.12. The third-order valence-electron chi connectivity index (χ3n) is 3.57. The number of anilines is 1. The molecule has 1 aliphatic heterocycles. The van der Waals surface area contributed by atoms with Crippen molar-refractivity contribution in [3.8, 4) is 0 Å². The van der Waals surface area contributed by atoms with Crippen LogP contribution in [-0.4, -0.2) is 29.3 Å². The minimum absolute atomic E-state index is 0.233. The summed E-state index contributed by atoms with van der Waals surface area (Å²) < 4.78 is 0. The highest BCUT2D eigenvalue weighted by Crippen LogP contribution is 2.29. The average molecular weight is 264 g/mol. The average Bonchev–Trinajstić information content (AvgIpc) is 2.40. The second-order valence-corrected chi connectivity index (χ2v) is 5.18. The summed E-state index contributed by atoms with van der Waals surface area (Å²) in [5.41, 5.74) is 7.85. The van der Waals surface area contributed by atoms with Crippen LogP contribution < -0.4 is 10.6 Å². The van der Waals surface area contributed by atoms with E-state index in [4.69, 9.17) is 18.0 Å². The third kappa shape index (κ3) is 2.82. The number of rotatable bonds is 4. The van der Waals surface area contributed by atoms with E-state index in [-0.39, 0.29) is 6.61 Å². The molecular formula is C14H20N2OS. The van der Waals surface area contributed by atoms with E-state index >= 15 is 0 Å². The summed E-state index contributed by atoms with van der Waals surface area (Å²) in [5, 5.41) is 9.18. The lowest BCUT2D eigenvalue weighted by Gasteiger charge is -2.38. The van der Waals surface area contributed by atoms with Crippen LogP contribution in [-0.2, 0) is 0 Å². The zero-order valence-electron chi connectivity index (χ0n) is 10.5. The number of thiocarbonyl (C=S) groups is 1. The van der Waals surface area contributed by atoms with Crippen LogP contribution in [0.5, 0.6) is 0 Å². The molecule has 0 saturated carbocycles. The molecule has 0 bridgehead atoms. The predicted octanol–water partition coefficient (Wildman–Crippen LogP) is 2.06. The van der Waals surface area contributed by atoms with Crippen molar-refractivity contribution in [2.24, 2.45) is 5.73 Å². The highest BCUT2D eigenvalue weighted by molar-refractivity contribution is 7.80. The number of para-hydroxylation sites is 1. The molecule has 3 nitrogen and oxygen atoms in total. The van der Waals surface area contributed by atoms with E-state index in [0.29, 0.717) is 11.0 Å². The highest BCUT2D eigenvalue weighted by atomic mass is 32.1. The Morgan fingerprint density at radius 1 is 1.39 bits per heavy atom. The zero-order chi connectivity index (χ0) is 13.0. The maximum absolute atomic E-state index is 9.18. The summed E-state index contributed by atoms with van der Waals surface area (Å²) in [6.45, 7) is 1.25. The van der Waals surface area contributed by atoms with Gasteiger partial charge in [0.15, 0.2) is 0 Å². The van der Waals surface area contributed by atoms with E-state index in [9.17, 15) is 5.11 Å². The van der Waals surface area contributed by atoms with Crippen molar-refractivity contribution < 1.29 is 5.11 Å². The van der Waals surface area contributed by atoms with Crippen molar-refractivity contribution >= 4 is 22.9 Å². The van der Waals surface area contributed by atoms with E-state index < -0.39 is 0 Å². The molecule has 0 amide bonds. The van der Waals surface area contributed by atoms with Gasteiger partial charge in [0.25, 0.3) is 0 Å². The SMILES string of the molecule is NC(=S)c1ccccc1N1CCCCC1CCO. The Morgan fingerprint density at radius 2 is 2.17 bits per heavy atom. The molecule has 1 aliphatic rings. The van der Waals surface area contributed by atoms with Crippen molar-refractivity contribution in [3.05, 3.63) is 29.8 Å². The fraction of sp³-hybridized carbons (Fsp3) is 0.500. The molecule has 1 aromatic rings. The largest absolute Gasteiger partial charge is 0.396 e. The topological polar surface area (TPSA) is 49.5 Å². The lowest BCUT2D eigenvalue weighted by Crippen LogP contribution is -2.41. The molecule has 1 fully saturated rings. The van der Waals surface area contributed by atoms with Crippen molar-refractivity contribution in [1.82, 2.24) is 0 Å². The molecule has 1 heterocycles. The quantitative estimate of drug-likeness (QED) is 0.817. The predicted molar refractivity (Wildman–Crippen MR) is 79.0 cm³/mol. The normalized spacial score (nSPS) is 19.8. The Kier molecular flexibility index (Phi) is 4.55. The molecule has 2 rings (SSSR count). The van der Waals surface area contributed by atoms with Gasteiger partial charge in [0, 0.05) is 30.4 Å². The monoisotopic (exact) mass is 264 g/mol. The van der Waals surface area contributed by atoms with Gasteiger partial charge in [-0.15, -0.1) is 0 Å². The molecule has 1 atom stereocenters. The molecule has 0 aliphatic carbocycles. The van der Waals surface area contributed by atoms with E-state index in [1.165, 1.54) is 12.8 Å². The van der Waals surface area contributed by atoms with Crippen molar-refractivity contribution in [2.45, 2.75) is 31.7 Å².